The van der Waals surface area contributed by atoms with Gasteiger partial charge in [-0.2, -0.15) is 0 Å². The topological polar surface area (TPSA) is 44.4 Å². The maximum atomic E-state index is 12.3. The Bertz CT molecular complexity index is 515. The van der Waals surface area contributed by atoms with Crippen molar-refractivity contribution in [3.05, 3.63) is 29.3 Å². The highest BCUT2D eigenvalue weighted by Gasteiger charge is 2.34. The molecule has 1 aromatic rings. The van der Waals surface area contributed by atoms with Crippen molar-refractivity contribution in [3.8, 4) is 0 Å². The summed E-state index contributed by atoms with van der Waals surface area (Å²) in [7, 11) is 0. The third-order valence-electron chi connectivity index (χ3n) is 4.71. The van der Waals surface area contributed by atoms with Crippen molar-refractivity contribution < 1.29 is 4.79 Å². The Morgan fingerprint density at radius 3 is 3.05 bits per heavy atom. The number of aryl methyl sites for hydroxylation is 2. The second-order valence-corrected chi connectivity index (χ2v) is 6.52. The minimum Gasteiger partial charge on any atom is -0.325 e. The second kappa shape index (κ2) is 6.16. The number of fused-ring (bicyclic) bond motifs is 1. The molecule has 0 aliphatic carbocycles. The van der Waals surface area contributed by atoms with E-state index >= 15 is 0 Å². The average molecular weight is 287 g/mol. The van der Waals surface area contributed by atoms with Gasteiger partial charge >= 0.3 is 0 Å². The lowest BCUT2D eigenvalue weighted by atomic mass is 9.94. The lowest BCUT2D eigenvalue weighted by Gasteiger charge is -2.24. The molecule has 2 unspecified atom stereocenters. The molecule has 0 spiro atoms. The summed E-state index contributed by atoms with van der Waals surface area (Å²) in [5.41, 5.74) is 3.23. The fraction of sp³-hybridized carbons (Fsp3) is 0.588. The molecule has 2 atom stereocenters. The Morgan fingerprint density at radius 1 is 1.38 bits per heavy atom. The Labute approximate surface area is 126 Å². The highest BCUT2D eigenvalue weighted by atomic mass is 16.2. The fourth-order valence-corrected chi connectivity index (χ4v) is 3.53. The molecule has 2 heterocycles. The van der Waals surface area contributed by atoms with Crippen LogP contribution in [-0.2, 0) is 4.79 Å². The van der Waals surface area contributed by atoms with E-state index < -0.39 is 0 Å². The summed E-state index contributed by atoms with van der Waals surface area (Å²) in [6.07, 6.45) is 2.57. The standard InChI is InChI=1S/C17H25N3O/c1-12-5-6-13(2)15(8-12)19-17(21)11-20-9-14-4-3-7-18-16(14)10-20/h5-6,8,14,16,18H,3-4,7,9-11H2,1-2H3,(H,19,21). The molecule has 0 bridgehead atoms. The molecular weight excluding hydrogens is 262 g/mol. The summed E-state index contributed by atoms with van der Waals surface area (Å²) >= 11 is 0. The van der Waals surface area contributed by atoms with E-state index in [0.717, 1.165) is 36.8 Å². The molecular formula is C17H25N3O. The summed E-state index contributed by atoms with van der Waals surface area (Å²) in [4.78, 5) is 14.6. The van der Waals surface area contributed by atoms with E-state index in [1.54, 1.807) is 0 Å². The minimum absolute atomic E-state index is 0.0994. The number of nitrogens with one attached hydrogen (secondary N) is 2. The highest BCUT2D eigenvalue weighted by Crippen LogP contribution is 2.24. The zero-order valence-corrected chi connectivity index (χ0v) is 13.0. The van der Waals surface area contributed by atoms with Gasteiger partial charge in [0.15, 0.2) is 0 Å². The van der Waals surface area contributed by atoms with Crippen LogP contribution in [0, 0.1) is 19.8 Å². The zero-order valence-electron chi connectivity index (χ0n) is 13.0. The van der Waals surface area contributed by atoms with Crippen LogP contribution in [0.25, 0.3) is 0 Å². The first kappa shape index (κ1) is 14.5. The number of hydrogen-bond donors (Lipinski definition) is 2. The number of hydrogen-bond acceptors (Lipinski definition) is 3. The molecule has 4 nitrogen and oxygen atoms in total. The van der Waals surface area contributed by atoms with Crippen LogP contribution in [0.5, 0.6) is 0 Å². The number of rotatable bonds is 3. The van der Waals surface area contributed by atoms with Gasteiger partial charge in [0.25, 0.3) is 0 Å². The van der Waals surface area contributed by atoms with Crippen LogP contribution < -0.4 is 10.6 Å². The normalized spacial score (nSPS) is 25.6. The van der Waals surface area contributed by atoms with Gasteiger partial charge in [-0.25, -0.2) is 0 Å². The van der Waals surface area contributed by atoms with Crippen LogP contribution >= 0.6 is 0 Å². The van der Waals surface area contributed by atoms with E-state index in [-0.39, 0.29) is 5.91 Å². The van der Waals surface area contributed by atoms with Crippen molar-refractivity contribution in [3.63, 3.8) is 0 Å². The molecule has 2 aliphatic rings. The van der Waals surface area contributed by atoms with Crippen LogP contribution in [0.1, 0.15) is 24.0 Å². The maximum Gasteiger partial charge on any atom is 0.238 e. The van der Waals surface area contributed by atoms with E-state index in [2.05, 4.69) is 27.7 Å². The quantitative estimate of drug-likeness (QED) is 0.893. The summed E-state index contributed by atoms with van der Waals surface area (Å²) in [6.45, 7) is 7.77. The van der Waals surface area contributed by atoms with E-state index in [1.807, 2.05) is 19.9 Å². The molecule has 2 fully saturated rings. The van der Waals surface area contributed by atoms with Crippen LogP contribution in [0.4, 0.5) is 5.69 Å². The Kier molecular flexibility index (Phi) is 4.27. The predicted molar refractivity (Wildman–Crippen MR) is 85.5 cm³/mol. The molecule has 3 rings (SSSR count). The number of likely N-dealkylation sites (tertiary alicyclic amines) is 1. The SMILES string of the molecule is Cc1ccc(C)c(NC(=O)CN2CC3CCCNC3C2)c1. The van der Waals surface area contributed by atoms with Gasteiger partial charge < -0.3 is 10.6 Å². The molecule has 1 aromatic carbocycles. The summed E-state index contributed by atoms with van der Waals surface area (Å²) in [6, 6.07) is 6.76. The lowest BCUT2D eigenvalue weighted by molar-refractivity contribution is -0.117. The Balaban J connectivity index is 1.56. The van der Waals surface area contributed by atoms with Gasteiger partial charge in [0.1, 0.15) is 0 Å². The van der Waals surface area contributed by atoms with E-state index in [1.165, 1.54) is 18.4 Å². The van der Waals surface area contributed by atoms with Crippen LogP contribution in [-0.4, -0.2) is 43.0 Å². The first-order valence-corrected chi connectivity index (χ1v) is 7.94. The summed E-state index contributed by atoms with van der Waals surface area (Å²) in [5, 5.41) is 6.64. The number of piperidine rings is 1. The number of benzene rings is 1. The largest absolute Gasteiger partial charge is 0.325 e. The number of anilines is 1. The number of carbonyl (C=O) groups is 1. The van der Waals surface area contributed by atoms with Gasteiger partial charge in [-0.3, -0.25) is 9.69 Å². The minimum atomic E-state index is 0.0994. The van der Waals surface area contributed by atoms with Crippen molar-refractivity contribution in [2.24, 2.45) is 5.92 Å². The predicted octanol–water partition coefficient (Wildman–Crippen LogP) is 1.93. The van der Waals surface area contributed by atoms with Crippen LogP contribution in [0.2, 0.25) is 0 Å². The average Bonchev–Trinajstić information content (AvgIpc) is 2.84. The van der Waals surface area contributed by atoms with Gasteiger partial charge in [-0.1, -0.05) is 12.1 Å². The molecule has 2 saturated heterocycles. The van der Waals surface area contributed by atoms with Crippen molar-refractivity contribution in [2.45, 2.75) is 32.7 Å². The first-order valence-electron chi connectivity index (χ1n) is 7.94. The van der Waals surface area contributed by atoms with E-state index in [9.17, 15) is 4.79 Å². The van der Waals surface area contributed by atoms with Crippen molar-refractivity contribution in [1.82, 2.24) is 10.2 Å². The highest BCUT2D eigenvalue weighted by molar-refractivity contribution is 5.93. The van der Waals surface area contributed by atoms with Crippen LogP contribution in [0.15, 0.2) is 18.2 Å². The molecule has 21 heavy (non-hydrogen) atoms. The second-order valence-electron chi connectivity index (χ2n) is 6.52. The molecule has 114 valence electrons. The Morgan fingerprint density at radius 2 is 2.24 bits per heavy atom. The number of carbonyl (C=O) groups excluding carboxylic acids is 1. The molecule has 2 N–H and O–H groups in total. The maximum absolute atomic E-state index is 12.3. The zero-order chi connectivity index (χ0) is 14.8. The smallest absolute Gasteiger partial charge is 0.238 e. The fourth-order valence-electron chi connectivity index (χ4n) is 3.53. The van der Waals surface area contributed by atoms with Gasteiger partial charge in [-0.15, -0.1) is 0 Å². The van der Waals surface area contributed by atoms with Crippen LogP contribution in [0.3, 0.4) is 0 Å². The molecule has 2 aliphatic heterocycles. The molecule has 0 saturated carbocycles. The molecule has 0 radical (unpaired) electrons. The van der Waals surface area contributed by atoms with Crippen molar-refractivity contribution in [1.29, 1.82) is 0 Å². The van der Waals surface area contributed by atoms with E-state index in [0.29, 0.717) is 12.6 Å². The Hall–Kier alpha value is -1.39. The van der Waals surface area contributed by atoms with E-state index in [4.69, 9.17) is 0 Å². The van der Waals surface area contributed by atoms with Crippen molar-refractivity contribution in [2.75, 3.05) is 31.5 Å². The van der Waals surface area contributed by atoms with Gasteiger partial charge in [0.2, 0.25) is 5.91 Å². The number of nitrogens with zero attached hydrogens (tertiary/aromatic N) is 1. The van der Waals surface area contributed by atoms with Crippen molar-refractivity contribution >= 4 is 11.6 Å². The van der Waals surface area contributed by atoms with Gasteiger partial charge in [0.05, 0.1) is 6.54 Å². The third kappa shape index (κ3) is 3.44. The molecule has 4 heteroatoms. The summed E-state index contributed by atoms with van der Waals surface area (Å²) < 4.78 is 0. The van der Waals surface area contributed by atoms with Gasteiger partial charge in [-0.05, 0) is 56.3 Å². The molecule has 1 amide bonds. The first-order chi connectivity index (χ1) is 10.1. The molecule has 0 aromatic heterocycles. The third-order valence-corrected chi connectivity index (χ3v) is 4.71. The lowest BCUT2D eigenvalue weighted by Crippen LogP contribution is -2.41. The summed E-state index contributed by atoms with van der Waals surface area (Å²) in [5.74, 6) is 0.828. The van der Waals surface area contributed by atoms with Gasteiger partial charge in [0, 0.05) is 24.8 Å². The number of amides is 1. The monoisotopic (exact) mass is 287 g/mol.